The lowest BCUT2D eigenvalue weighted by atomic mass is 10.2. The van der Waals surface area contributed by atoms with Gasteiger partial charge in [-0.15, -0.1) is 0 Å². The Bertz CT molecular complexity index is 596. The van der Waals surface area contributed by atoms with Crippen LogP contribution in [0, 0.1) is 0 Å². The van der Waals surface area contributed by atoms with Gasteiger partial charge in [-0.1, -0.05) is 18.2 Å². The first-order valence-electron chi connectivity index (χ1n) is 8.33. The molecule has 2 saturated heterocycles. The highest BCUT2D eigenvalue weighted by atomic mass is 16.5. The van der Waals surface area contributed by atoms with Gasteiger partial charge in [0.25, 0.3) is 11.9 Å². The van der Waals surface area contributed by atoms with Crippen molar-refractivity contribution in [3.05, 3.63) is 30.3 Å². The molecule has 1 aromatic carbocycles. The van der Waals surface area contributed by atoms with Gasteiger partial charge < -0.3 is 14.5 Å². The van der Waals surface area contributed by atoms with Crippen molar-refractivity contribution in [1.82, 2.24) is 9.80 Å². The second-order valence-electron chi connectivity index (χ2n) is 6.35. The fourth-order valence-corrected chi connectivity index (χ4v) is 3.47. The molecule has 3 aliphatic heterocycles. The van der Waals surface area contributed by atoms with E-state index in [0.29, 0.717) is 12.4 Å². The van der Waals surface area contributed by atoms with Gasteiger partial charge in [0.05, 0.1) is 6.54 Å². The fourth-order valence-electron chi connectivity index (χ4n) is 3.47. The second-order valence-corrected chi connectivity index (χ2v) is 6.35. The molecule has 0 N–H and O–H groups in total. The zero-order valence-corrected chi connectivity index (χ0v) is 13.2. The Morgan fingerprint density at radius 1 is 1.04 bits per heavy atom. The molecule has 6 nitrogen and oxygen atoms in total. The minimum atomic E-state index is -0.0617. The number of rotatable bonds is 3. The SMILES string of the molecule is O=C1CCN2CC(CN3CCN(c4ccccc4)CC3)OC2=N1. The maximum absolute atomic E-state index is 11.4. The lowest BCUT2D eigenvalue weighted by Gasteiger charge is -2.36. The van der Waals surface area contributed by atoms with Crippen LogP contribution in [0.15, 0.2) is 35.3 Å². The highest BCUT2D eigenvalue weighted by Crippen LogP contribution is 2.19. The number of benzene rings is 1. The summed E-state index contributed by atoms with van der Waals surface area (Å²) in [6, 6.07) is 11.1. The van der Waals surface area contributed by atoms with E-state index >= 15 is 0 Å². The highest BCUT2D eigenvalue weighted by Gasteiger charge is 2.34. The standard InChI is InChI=1S/C17H22N4O2/c22-16-6-7-21-13-15(23-17(21)18-16)12-19-8-10-20(11-9-19)14-4-2-1-3-5-14/h1-5,15H,6-13H2. The molecule has 1 atom stereocenters. The van der Waals surface area contributed by atoms with E-state index in [2.05, 4.69) is 50.0 Å². The fraction of sp³-hybridized carbons (Fsp3) is 0.529. The second kappa shape index (κ2) is 6.20. The number of ether oxygens (including phenoxy) is 1. The molecular weight excluding hydrogens is 292 g/mol. The van der Waals surface area contributed by atoms with Gasteiger partial charge in [-0.25, -0.2) is 0 Å². The Labute approximate surface area is 136 Å². The summed E-state index contributed by atoms with van der Waals surface area (Å²) in [6.45, 7) is 6.67. The van der Waals surface area contributed by atoms with Crippen molar-refractivity contribution in [2.45, 2.75) is 12.5 Å². The zero-order valence-electron chi connectivity index (χ0n) is 13.2. The van der Waals surface area contributed by atoms with Crippen LogP contribution in [0.4, 0.5) is 5.69 Å². The number of piperazine rings is 1. The van der Waals surface area contributed by atoms with Gasteiger partial charge in [-0.3, -0.25) is 9.69 Å². The number of anilines is 1. The molecule has 0 aliphatic carbocycles. The van der Waals surface area contributed by atoms with Crippen LogP contribution in [0.2, 0.25) is 0 Å². The number of para-hydroxylation sites is 1. The van der Waals surface area contributed by atoms with Crippen LogP contribution in [0.5, 0.6) is 0 Å². The molecule has 0 saturated carbocycles. The lowest BCUT2D eigenvalue weighted by molar-refractivity contribution is -0.118. The van der Waals surface area contributed by atoms with E-state index in [-0.39, 0.29) is 12.0 Å². The first kappa shape index (κ1) is 14.5. The maximum atomic E-state index is 11.4. The van der Waals surface area contributed by atoms with Crippen LogP contribution in [0.3, 0.4) is 0 Å². The number of carbonyl (C=O) groups is 1. The molecule has 23 heavy (non-hydrogen) atoms. The largest absolute Gasteiger partial charge is 0.458 e. The summed E-state index contributed by atoms with van der Waals surface area (Å²) in [4.78, 5) is 22.3. The lowest BCUT2D eigenvalue weighted by Crippen LogP contribution is -2.49. The van der Waals surface area contributed by atoms with E-state index in [0.717, 1.165) is 45.8 Å². The van der Waals surface area contributed by atoms with Crippen molar-refractivity contribution in [2.75, 3.05) is 50.7 Å². The Morgan fingerprint density at radius 2 is 1.83 bits per heavy atom. The Hall–Kier alpha value is -2.08. The molecule has 4 rings (SSSR count). The van der Waals surface area contributed by atoms with Crippen molar-refractivity contribution in [3.8, 4) is 0 Å². The number of hydrogen-bond acceptors (Lipinski definition) is 5. The third kappa shape index (κ3) is 3.17. The van der Waals surface area contributed by atoms with Gasteiger partial charge >= 0.3 is 0 Å². The molecule has 122 valence electrons. The predicted molar refractivity (Wildman–Crippen MR) is 88.6 cm³/mol. The quantitative estimate of drug-likeness (QED) is 0.826. The number of carbonyl (C=O) groups excluding carboxylic acids is 1. The third-order valence-corrected chi connectivity index (χ3v) is 4.74. The van der Waals surface area contributed by atoms with E-state index in [1.807, 2.05) is 0 Å². The highest BCUT2D eigenvalue weighted by molar-refractivity contribution is 5.93. The first-order chi connectivity index (χ1) is 11.3. The van der Waals surface area contributed by atoms with Crippen molar-refractivity contribution in [1.29, 1.82) is 0 Å². The minimum absolute atomic E-state index is 0.0617. The van der Waals surface area contributed by atoms with E-state index < -0.39 is 0 Å². The van der Waals surface area contributed by atoms with Crippen molar-refractivity contribution >= 4 is 17.6 Å². The number of fused-ring (bicyclic) bond motifs is 1. The number of nitrogens with zero attached hydrogens (tertiary/aromatic N) is 4. The molecule has 3 heterocycles. The monoisotopic (exact) mass is 314 g/mol. The normalized spacial score (nSPS) is 25.1. The molecule has 6 heteroatoms. The van der Waals surface area contributed by atoms with Crippen LogP contribution in [-0.2, 0) is 9.53 Å². The van der Waals surface area contributed by atoms with E-state index in [1.54, 1.807) is 0 Å². The molecule has 2 fully saturated rings. The van der Waals surface area contributed by atoms with Crippen LogP contribution >= 0.6 is 0 Å². The average molecular weight is 314 g/mol. The number of amidine groups is 1. The molecule has 0 aromatic heterocycles. The van der Waals surface area contributed by atoms with Gasteiger partial charge in [-0.2, -0.15) is 4.99 Å². The average Bonchev–Trinajstić information content (AvgIpc) is 2.97. The summed E-state index contributed by atoms with van der Waals surface area (Å²) in [5, 5.41) is 0. The van der Waals surface area contributed by atoms with E-state index in [9.17, 15) is 4.79 Å². The van der Waals surface area contributed by atoms with Gasteiger partial charge in [0.2, 0.25) is 0 Å². The molecule has 0 bridgehead atoms. The van der Waals surface area contributed by atoms with Gasteiger partial charge in [0, 0.05) is 51.4 Å². The van der Waals surface area contributed by atoms with Crippen LogP contribution in [0.25, 0.3) is 0 Å². The van der Waals surface area contributed by atoms with Gasteiger partial charge in [0.1, 0.15) is 6.10 Å². The van der Waals surface area contributed by atoms with Crippen LogP contribution < -0.4 is 4.90 Å². The number of amides is 1. The molecule has 1 unspecified atom stereocenters. The van der Waals surface area contributed by atoms with Gasteiger partial charge in [0.15, 0.2) is 0 Å². The van der Waals surface area contributed by atoms with Crippen LogP contribution in [0.1, 0.15) is 6.42 Å². The molecule has 1 aromatic rings. The van der Waals surface area contributed by atoms with Crippen LogP contribution in [-0.4, -0.2) is 73.6 Å². The molecule has 3 aliphatic rings. The minimum Gasteiger partial charge on any atom is -0.458 e. The third-order valence-electron chi connectivity index (χ3n) is 4.74. The summed E-state index contributed by atoms with van der Waals surface area (Å²) < 4.78 is 5.85. The zero-order chi connectivity index (χ0) is 15.6. The van der Waals surface area contributed by atoms with Gasteiger partial charge in [-0.05, 0) is 12.1 Å². The Balaban J connectivity index is 1.29. The number of hydrogen-bond donors (Lipinski definition) is 0. The predicted octanol–water partition coefficient (Wildman–Crippen LogP) is 0.796. The Morgan fingerprint density at radius 3 is 2.61 bits per heavy atom. The maximum Gasteiger partial charge on any atom is 0.295 e. The topological polar surface area (TPSA) is 48.4 Å². The Kier molecular flexibility index (Phi) is 3.91. The molecule has 0 radical (unpaired) electrons. The molecular formula is C17H22N4O2. The smallest absolute Gasteiger partial charge is 0.295 e. The van der Waals surface area contributed by atoms with Crippen molar-refractivity contribution in [3.63, 3.8) is 0 Å². The molecule has 0 spiro atoms. The number of aliphatic imine (C=N–C) groups is 1. The summed E-state index contributed by atoms with van der Waals surface area (Å²) in [6.07, 6.45) is 0.637. The summed E-state index contributed by atoms with van der Waals surface area (Å²) in [7, 11) is 0. The summed E-state index contributed by atoms with van der Waals surface area (Å²) in [5.74, 6) is -0.0617. The first-order valence-corrected chi connectivity index (χ1v) is 8.33. The molecule has 1 amide bonds. The van der Waals surface area contributed by atoms with Crippen molar-refractivity contribution in [2.24, 2.45) is 4.99 Å². The van der Waals surface area contributed by atoms with E-state index in [4.69, 9.17) is 4.74 Å². The summed E-state index contributed by atoms with van der Waals surface area (Å²) in [5.41, 5.74) is 1.30. The van der Waals surface area contributed by atoms with Crippen molar-refractivity contribution < 1.29 is 9.53 Å². The summed E-state index contributed by atoms with van der Waals surface area (Å²) >= 11 is 0. The van der Waals surface area contributed by atoms with E-state index in [1.165, 1.54) is 5.69 Å².